The number of anilines is 1. The Labute approximate surface area is 149 Å². The molecule has 2 aromatic rings. The summed E-state index contributed by atoms with van der Waals surface area (Å²) in [6.45, 7) is 0.405. The van der Waals surface area contributed by atoms with Crippen LogP contribution in [0.2, 0.25) is 0 Å². The van der Waals surface area contributed by atoms with Gasteiger partial charge in [-0.2, -0.15) is 0 Å². The average molecular weight is 359 g/mol. The topological polar surface area (TPSA) is 103 Å². The number of nitrogens with one attached hydrogen (secondary N) is 1. The molecule has 0 aliphatic carbocycles. The van der Waals surface area contributed by atoms with Gasteiger partial charge in [0.2, 0.25) is 0 Å². The van der Waals surface area contributed by atoms with Crippen LogP contribution in [0.5, 0.6) is 23.0 Å². The second kappa shape index (κ2) is 7.64. The minimum atomic E-state index is -0.835. The lowest BCUT2D eigenvalue weighted by atomic mass is 10.2. The van der Waals surface area contributed by atoms with E-state index in [-0.39, 0.29) is 11.3 Å². The Balaban J connectivity index is 1.58. The molecule has 0 bridgehead atoms. The van der Waals surface area contributed by atoms with Gasteiger partial charge >= 0.3 is 5.97 Å². The molecule has 0 atom stereocenters. The number of phenols is 1. The average Bonchev–Trinajstić information content (AvgIpc) is 2.66. The van der Waals surface area contributed by atoms with E-state index in [1.165, 1.54) is 25.3 Å². The number of phenolic OH excluding ortho intramolecular Hbond substituents is 1. The molecule has 8 heteroatoms. The van der Waals surface area contributed by atoms with Crippen LogP contribution < -0.4 is 19.5 Å². The van der Waals surface area contributed by atoms with Gasteiger partial charge in [-0.1, -0.05) is 0 Å². The standard InChI is InChI=1S/C18H17NO7/c1-23-12-3-4-14(20)13(9-12)18(22)26-10-17(21)19-11-2-5-15-16(8-11)25-7-6-24-15/h2-5,8-9,20H,6-7,10H2,1H3,(H,19,21). The van der Waals surface area contributed by atoms with Gasteiger partial charge < -0.3 is 29.4 Å². The predicted octanol–water partition coefficient (Wildman–Crippen LogP) is 1.97. The molecule has 0 radical (unpaired) electrons. The number of carbonyl (C=O) groups excluding carboxylic acids is 2. The third-order valence-corrected chi connectivity index (χ3v) is 3.58. The maximum absolute atomic E-state index is 12.0. The number of hydrogen-bond donors (Lipinski definition) is 2. The molecule has 0 saturated heterocycles. The van der Waals surface area contributed by atoms with Crippen LogP contribution in [-0.4, -0.2) is 43.9 Å². The Bertz CT molecular complexity index is 834. The Morgan fingerprint density at radius 3 is 2.65 bits per heavy atom. The molecule has 136 valence electrons. The molecule has 1 aliphatic rings. The third kappa shape index (κ3) is 3.97. The van der Waals surface area contributed by atoms with Crippen molar-refractivity contribution >= 4 is 17.6 Å². The number of fused-ring (bicyclic) bond motifs is 1. The minimum Gasteiger partial charge on any atom is -0.507 e. The van der Waals surface area contributed by atoms with Gasteiger partial charge in [0, 0.05) is 11.8 Å². The monoisotopic (exact) mass is 359 g/mol. The van der Waals surface area contributed by atoms with Crippen molar-refractivity contribution in [3.05, 3.63) is 42.0 Å². The van der Waals surface area contributed by atoms with Gasteiger partial charge in [-0.15, -0.1) is 0 Å². The molecule has 26 heavy (non-hydrogen) atoms. The summed E-state index contributed by atoms with van der Waals surface area (Å²) in [6.07, 6.45) is 0. The zero-order chi connectivity index (χ0) is 18.5. The van der Waals surface area contributed by atoms with Crippen molar-refractivity contribution in [2.45, 2.75) is 0 Å². The summed E-state index contributed by atoms with van der Waals surface area (Å²) < 4.78 is 20.8. The van der Waals surface area contributed by atoms with Crippen LogP contribution in [0.3, 0.4) is 0 Å². The molecule has 0 aromatic heterocycles. The quantitative estimate of drug-likeness (QED) is 0.787. The fourth-order valence-electron chi connectivity index (χ4n) is 2.33. The highest BCUT2D eigenvalue weighted by atomic mass is 16.6. The summed E-state index contributed by atoms with van der Waals surface area (Å²) in [5.41, 5.74) is 0.399. The van der Waals surface area contributed by atoms with E-state index in [4.69, 9.17) is 18.9 Å². The summed E-state index contributed by atoms with van der Waals surface area (Å²) in [7, 11) is 1.43. The number of amides is 1. The fraction of sp³-hybridized carbons (Fsp3) is 0.222. The second-order valence-corrected chi connectivity index (χ2v) is 5.37. The maximum Gasteiger partial charge on any atom is 0.342 e. The van der Waals surface area contributed by atoms with Crippen LogP contribution in [0.15, 0.2) is 36.4 Å². The van der Waals surface area contributed by atoms with Gasteiger partial charge in [-0.25, -0.2) is 4.79 Å². The molecule has 8 nitrogen and oxygen atoms in total. The Hall–Kier alpha value is -3.42. The van der Waals surface area contributed by atoms with Gasteiger partial charge in [0.05, 0.1) is 7.11 Å². The van der Waals surface area contributed by atoms with Crippen LogP contribution >= 0.6 is 0 Å². The van der Waals surface area contributed by atoms with Crippen LogP contribution in [-0.2, 0) is 9.53 Å². The van der Waals surface area contributed by atoms with Crippen LogP contribution in [0, 0.1) is 0 Å². The first kappa shape index (κ1) is 17.4. The van der Waals surface area contributed by atoms with Gasteiger partial charge in [-0.3, -0.25) is 4.79 Å². The fourth-order valence-corrected chi connectivity index (χ4v) is 2.33. The SMILES string of the molecule is COc1ccc(O)c(C(=O)OCC(=O)Nc2ccc3c(c2)OCCO3)c1. The zero-order valence-electron chi connectivity index (χ0n) is 14.0. The molecule has 1 heterocycles. The van der Waals surface area contributed by atoms with E-state index in [1.54, 1.807) is 18.2 Å². The Morgan fingerprint density at radius 1 is 1.12 bits per heavy atom. The first-order valence-electron chi connectivity index (χ1n) is 7.80. The van der Waals surface area contributed by atoms with Gasteiger partial charge in [0.15, 0.2) is 18.1 Å². The smallest absolute Gasteiger partial charge is 0.342 e. The summed E-state index contributed by atoms with van der Waals surface area (Å²) in [5.74, 6) is -0.101. The second-order valence-electron chi connectivity index (χ2n) is 5.37. The molecule has 0 saturated carbocycles. The molecular formula is C18H17NO7. The third-order valence-electron chi connectivity index (χ3n) is 3.58. The van der Waals surface area contributed by atoms with Gasteiger partial charge in [0.1, 0.15) is 30.3 Å². The van der Waals surface area contributed by atoms with E-state index in [1.807, 2.05) is 0 Å². The molecule has 1 aliphatic heterocycles. The number of hydrogen-bond acceptors (Lipinski definition) is 7. The summed E-state index contributed by atoms with van der Waals surface area (Å²) in [4.78, 5) is 24.0. The molecule has 1 amide bonds. The summed E-state index contributed by atoms with van der Waals surface area (Å²) in [6, 6.07) is 9.11. The summed E-state index contributed by atoms with van der Waals surface area (Å²) in [5, 5.41) is 12.3. The van der Waals surface area contributed by atoms with Crippen LogP contribution in [0.4, 0.5) is 5.69 Å². The number of methoxy groups -OCH3 is 1. The van der Waals surface area contributed by atoms with E-state index in [0.29, 0.717) is 36.1 Å². The molecular weight excluding hydrogens is 342 g/mol. The van der Waals surface area contributed by atoms with Crippen molar-refractivity contribution in [1.29, 1.82) is 0 Å². The lowest BCUT2D eigenvalue weighted by Crippen LogP contribution is -2.21. The molecule has 0 unspecified atom stereocenters. The lowest BCUT2D eigenvalue weighted by Gasteiger charge is -2.19. The first-order valence-corrected chi connectivity index (χ1v) is 7.80. The van der Waals surface area contributed by atoms with E-state index in [9.17, 15) is 14.7 Å². The number of esters is 1. The normalized spacial score (nSPS) is 12.2. The highest BCUT2D eigenvalue weighted by Gasteiger charge is 2.17. The van der Waals surface area contributed by atoms with Crippen molar-refractivity contribution in [3.8, 4) is 23.0 Å². The van der Waals surface area contributed by atoms with E-state index >= 15 is 0 Å². The number of aromatic hydroxyl groups is 1. The van der Waals surface area contributed by atoms with Gasteiger partial charge in [-0.05, 0) is 30.3 Å². The van der Waals surface area contributed by atoms with Crippen LogP contribution in [0.25, 0.3) is 0 Å². The zero-order valence-corrected chi connectivity index (χ0v) is 14.0. The number of carbonyl (C=O) groups is 2. The van der Waals surface area contributed by atoms with Crippen molar-refractivity contribution in [3.63, 3.8) is 0 Å². The maximum atomic E-state index is 12.0. The Kier molecular flexibility index (Phi) is 5.12. The van der Waals surface area contributed by atoms with Gasteiger partial charge in [0.25, 0.3) is 5.91 Å². The Morgan fingerprint density at radius 2 is 1.88 bits per heavy atom. The van der Waals surface area contributed by atoms with Crippen molar-refractivity contribution in [2.75, 3.05) is 32.2 Å². The molecule has 2 aromatic carbocycles. The largest absolute Gasteiger partial charge is 0.507 e. The summed E-state index contributed by atoms with van der Waals surface area (Å²) >= 11 is 0. The highest BCUT2D eigenvalue weighted by Crippen LogP contribution is 2.32. The predicted molar refractivity (Wildman–Crippen MR) is 91.0 cm³/mol. The van der Waals surface area contributed by atoms with Crippen molar-refractivity contribution < 1.29 is 33.6 Å². The lowest BCUT2D eigenvalue weighted by molar-refractivity contribution is -0.119. The number of benzene rings is 2. The van der Waals surface area contributed by atoms with E-state index in [2.05, 4.69) is 5.32 Å². The minimum absolute atomic E-state index is 0.0866. The highest BCUT2D eigenvalue weighted by molar-refractivity contribution is 5.97. The van der Waals surface area contributed by atoms with Crippen LogP contribution in [0.1, 0.15) is 10.4 Å². The number of ether oxygens (including phenoxy) is 4. The van der Waals surface area contributed by atoms with E-state index < -0.39 is 18.5 Å². The molecule has 2 N–H and O–H groups in total. The molecule has 3 rings (SSSR count). The first-order chi connectivity index (χ1) is 12.6. The molecule has 0 spiro atoms. The van der Waals surface area contributed by atoms with Crippen molar-refractivity contribution in [2.24, 2.45) is 0 Å². The van der Waals surface area contributed by atoms with Crippen molar-refractivity contribution in [1.82, 2.24) is 0 Å². The molecule has 0 fully saturated rings. The van der Waals surface area contributed by atoms with E-state index in [0.717, 1.165) is 0 Å². The number of rotatable bonds is 5.